The van der Waals surface area contributed by atoms with E-state index in [1.807, 2.05) is 6.92 Å². The molecule has 0 atom stereocenters. The normalized spacial score (nSPS) is 11.1. The molecule has 0 spiro atoms. The van der Waals surface area contributed by atoms with Gasteiger partial charge in [-0.2, -0.15) is 0 Å². The number of benzene rings is 1. The molecule has 0 aliphatic heterocycles. The molecule has 0 aliphatic rings. The molecule has 21 heavy (non-hydrogen) atoms. The van der Waals surface area contributed by atoms with Crippen LogP contribution >= 0.6 is 11.3 Å². The molecule has 8 heteroatoms. The molecule has 0 radical (unpaired) electrons. The van der Waals surface area contributed by atoms with Crippen LogP contribution in [-0.4, -0.2) is 26.1 Å². The first kappa shape index (κ1) is 15.3. The van der Waals surface area contributed by atoms with Crippen molar-refractivity contribution in [1.29, 1.82) is 0 Å². The second-order valence-electron chi connectivity index (χ2n) is 3.98. The van der Waals surface area contributed by atoms with E-state index in [-0.39, 0.29) is 9.77 Å². The second-order valence-corrected chi connectivity index (χ2v) is 6.55. The number of nitrogens with one attached hydrogen (secondary N) is 1. The van der Waals surface area contributed by atoms with E-state index in [2.05, 4.69) is 4.72 Å². The molecule has 0 fully saturated rings. The lowest BCUT2D eigenvalue weighted by atomic mass is 10.3. The van der Waals surface area contributed by atoms with Gasteiger partial charge >= 0.3 is 5.97 Å². The Balaban J connectivity index is 2.25. The van der Waals surface area contributed by atoms with Crippen molar-refractivity contribution in [2.24, 2.45) is 0 Å². The third-order valence-corrected chi connectivity index (χ3v) is 4.99. The molecular weight excluding hydrogens is 314 g/mol. The lowest BCUT2D eigenvalue weighted by Crippen LogP contribution is -2.15. The predicted octanol–water partition coefficient (Wildman–Crippen LogP) is 2.65. The molecule has 0 bridgehead atoms. The Labute approximate surface area is 126 Å². The van der Waals surface area contributed by atoms with Crippen molar-refractivity contribution < 1.29 is 23.1 Å². The molecule has 2 rings (SSSR count). The summed E-state index contributed by atoms with van der Waals surface area (Å²) in [6.45, 7) is 2.36. The van der Waals surface area contributed by atoms with Crippen LogP contribution in [0.4, 0.5) is 5.69 Å². The zero-order valence-corrected chi connectivity index (χ0v) is 12.7. The standard InChI is InChI=1S/C13H13NO5S2/c1-2-19-10-5-3-9(4-6-10)14-21(17,18)11-7-8-20-12(11)13(15)16/h3-8,14H,2H2,1H3,(H,15,16). The number of sulfonamides is 1. The fourth-order valence-electron chi connectivity index (χ4n) is 1.66. The summed E-state index contributed by atoms with van der Waals surface area (Å²) in [5.41, 5.74) is 0.334. The molecule has 2 aromatic rings. The van der Waals surface area contributed by atoms with Crippen LogP contribution in [0.2, 0.25) is 0 Å². The summed E-state index contributed by atoms with van der Waals surface area (Å²) in [6.07, 6.45) is 0. The highest BCUT2D eigenvalue weighted by Gasteiger charge is 2.23. The number of ether oxygens (including phenoxy) is 1. The van der Waals surface area contributed by atoms with Crippen LogP contribution in [0.3, 0.4) is 0 Å². The highest BCUT2D eigenvalue weighted by atomic mass is 32.2. The maximum absolute atomic E-state index is 12.2. The Bertz CT molecular complexity index is 734. The second kappa shape index (κ2) is 6.15. The molecule has 2 N–H and O–H groups in total. The summed E-state index contributed by atoms with van der Waals surface area (Å²) in [7, 11) is -3.93. The van der Waals surface area contributed by atoms with E-state index in [1.54, 1.807) is 24.3 Å². The van der Waals surface area contributed by atoms with Gasteiger partial charge in [0.15, 0.2) is 0 Å². The third kappa shape index (κ3) is 3.53. The van der Waals surface area contributed by atoms with Gasteiger partial charge < -0.3 is 9.84 Å². The minimum atomic E-state index is -3.93. The summed E-state index contributed by atoms with van der Waals surface area (Å²) >= 11 is 0.865. The molecule has 6 nitrogen and oxygen atoms in total. The quantitative estimate of drug-likeness (QED) is 0.851. The molecule has 0 saturated heterocycles. The van der Waals surface area contributed by atoms with Crippen molar-refractivity contribution in [2.75, 3.05) is 11.3 Å². The predicted molar refractivity (Wildman–Crippen MR) is 79.7 cm³/mol. The van der Waals surface area contributed by atoms with Crippen LogP contribution in [0.15, 0.2) is 40.6 Å². The summed E-state index contributed by atoms with van der Waals surface area (Å²) in [5, 5.41) is 10.4. The molecule has 0 unspecified atom stereocenters. The molecule has 0 aliphatic carbocycles. The van der Waals surface area contributed by atoms with Gasteiger partial charge in [0.1, 0.15) is 15.5 Å². The molecule has 1 aromatic heterocycles. The number of hydrogen-bond acceptors (Lipinski definition) is 5. The summed E-state index contributed by atoms with van der Waals surface area (Å²) < 4.78 is 32.0. The summed E-state index contributed by atoms with van der Waals surface area (Å²) in [5.74, 6) is -0.640. The van der Waals surface area contributed by atoms with Gasteiger partial charge in [-0.15, -0.1) is 11.3 Å². The molecule has 112 valence electrons. The average Bonchev–Trinajstić information content (AvgIpc) is 2.91. The van der Waals surface area contributed by atoms with Crippen LogP contribution in [0, 0.1) is 0 Å². The first-order chi connectivity index (χ1) is 9.94. The molecule has 1 heterocycles. The van der Waals surface area contributed by atoms with Gasteiger partial charge in [0.25, 0.3) is 10.0 Å². The SMILES string of the molecule is CCOc1ccc(NS(=O)(=O)c2ccsc2C(=O)O)cc1. The summed E-state index contributed by atoms with van der Waals surface area (Å²) in [6, 6.07) is 7.63. The van der Waals surface area contributed by atoms with E-state index in [4.69, 9.17) is 9.84 Å². The number of carboxylic acids is 1. The average molecular weight is 327 g/mol. The molecule has 0 amide bonds. The largest absolute Gasteiger partial charge is 0.494 e. The topological polar surface area (TPSA) is 92.7 Å². The number of carbonyl (C=O) groups is 1. The number of anilines is 1. The number of aromatic carboxylic acids is 1. The van der Waals surface area contributed by atoms with Gasteiger partial charge in [-0.25, -0.2) is 13.2 Å². The fraction of sp³-hybridized carbons (Fsp3) is 0.154. The van der Waals surface area contributed by atoms with Crippen molar-refractivity contribution in [3.63, 3.8) is 0 Å². The van der Waals surface area contributed by atoms with Crippen LogP contribution in [0.1, 0.15) is 16.6 Å². The Hall–Kier alpha value is -2.06. The van der Waals surface area contributed by atoms with Gasteiger partial charge in [0, 0.05) is 5.69 Å². The van der Waals surface area contributed by atoms with Crippen molar-refractivity contribution >= 4 is 33.0 Å². The molecule has 1 aromatic carbocycles. The fourth-order valence-corrected chi connectivity index (χ4v) is 3.98. The maximum atomic E-state index is 12.2. The molecule has 0 saturated carbocycles. The Morgan fingerprint density at radius 2 is 1.95 bits per heavy atom. The van der Waals surface area contributed by atoms with Crippen LogP contribution in [0.25, 0.3) is 0 Å². The van der Waals surface area contributed by atoms with Gasteiger partial charge in [-0.3, -0.25) is 4.72 Å². The van der Waals surface area contributed by atoms with E-state index in [0.717, 1.165) is 11.3 Å². The van der Waals surface area contributed by atoms with Crippen molar-refractivity contribution in [3.05, 3.63) is 40.6 Å². The first-order valence-corrected chi connectivity index (χ1v) is 8.37. The lowest BCUT2D eigenvalue weighted by Gasteiger charge is -2.08. The minimum absolute atomic E-state index is 0.214. The Morgan fingerprint density at radius 3 is 2.52 bits per heavy atom. The van der Waals surface area contributed by atoms with Gasteiger partial charge in [-0.05, 0) is 42.6 Å². The van der Waals surface area contributed by atoms with Crippen LogP contribution in [0.5, 0.6) is 5.75 Å². The van der Waals surface area contributed by atoms with E-state index >= 15 is 0 Å². The third-order valence-electron chi connectivity index (χ3n) is 2.53. The molecular formula is C13H13NO5S2. The maximum Gasteiger partial charge on any atom is 0.347 e. The lowest BCUT2D eigenvalue weighted by molar-refractivity contribution is 0.0698. The zero-order chi connectivity index (χ0) is 15.5. The highest BCUT2D eigenvalue weighted by Crippen LogP contribution is 2.25. The Morgan fingerprint density at radius 1 is 1.29 bits per heavy atom. The number of hydrogen-bond donors (Lipinski definition) is 2. The van der Waals surface area contributed by atoms with Crippen molar-refractivity contribution in [3.8, 4) is 5.75 Å². The number of thiophene rings is 1. The Kier molecular flexibility index (Phi) is 4.49. The summed E-state index contributed by atoms with van der Waals surface area (Å²) in [4.78, 5) is 10.5. The first-order valence-electron chi connectivity index (χ1n) is 6.00. The monoisotopic (exact) mass is 327 g/mol. The smallest absolute Gasteiger partial charge is 0.347 e. The van der Waals surface area contributed by atoms with Gasteiger partial charge in [-0.1, -0.05) is 0 Å². The van der Waals surface area contributed by atoms with Crippen LogP contribution in [-0.2, 0) is 10.0 Å². The number of carboxylic acid groups (broad SMARTS) is 1. The van der Waals surface area contributed by atoms with E-state index in [0.29, 0.717) is 18.0 Å². The van der Waals surface area contributed by atoms with Crippen LogP contribution < -0.4 is 9.46 Å². The van der Waals surface area contributed by atoms with Gasteiger partial charge in [0.2, 0.25) is 0 Å². The van der Waals surface area contributed by atoms with E-state index < -0.39 is 16.0 Å². The number of rotatable bonds is 6. The minimum Gasteiger partial charge on any atom is -0.494 e. The van der Waals surface area contributed by atoms with E-state index in [1.165, 1.54) is 11.4 Å². The van der Waals surface area contributed by atoms with Gasteiger partial charge in [0.05, 0.1) is 6.61 Å². The van der Waals surface area contributed by atoms with E-state index in [9.17, 15) is 13.2 Å². The van der Waals surface area contributed by atoms with Crippen molar-refractivity contribution in [1.82, 2.24) is 0 Å². The highest BCUT2D eigenvalue weighted by molar-refractivity contribution is 7.93. The zero-order valence-electron chi connectivity index (χ0n) is 11.1. The van der Waals surface area contributed by atoms with Crippen molar-refractivity contribution in [2.45, 2.75) is 11.8 Å².